The number of amides is 1. The number of methoxy groups -OCH3 is 1. The van der Waals surface area contributed by atoms with Gasteiger partial charge < -0.3 is 15.4 Å². The number of ether oxygens (including phenoxy) is 1. The normalized spacial score (nSPS) is 31.2. The van der Waals surface area contributed by atoms with E-state index in [4.69, 9.17) is 4.74 Å². The van der Waals surface area contributed by atoms with Crippen LogP contribution in [-0.2, 0) is 11.2 Å². The summed E-state index contributed by atoms with van der Waals surface area (Å²) in [5.74, 6) is 3.20. The summed E-state index contributed by atoms with van der Waals surface area (Å²) in [6.07, 6.45) is 9.34. The number of halogens is 1. The van der Waals surface area contributed by atoms with Gasteiger partial charge in [0.25, 0.3) is 0 Å². The second kappa shape index (κ2) is 9.49. The van der Waals surface area contributed by atoms with Crippen molar-refractivity contribution < 1.29 is 9.53 Å². The molecule has 156 valence electrons. The van der Waals surface area contributed by atoms with E-state index in [1.165, 1.54) is 37.7 Å². The van der Waals surface area contributed by atoms with E-state index in [-0.39, 0.29) is 17.8 Å². The minimum atomic E-state index is -0.208. The topological polar surface area (TPSA) is 50.4 Å². The van der Waals surface area contributed by atoms with Gasteiger partial charge in [0.05, 0.1) is 12.5 Å². The highest BCUT2D eigenvalue weighted by atomic mass is 35.5. The van der Waals surface area contributed by atoms with Gasteiger partial charge in [0, 0.05) is 6.54 Å². The molecule has 1 aromatic rings. The van der Waals surface area contributed by atoms with Gasteiger partial charge in [0.2, 0.25) is 5.91 Å². The van der Waals surface area contributed by atoms with Crippen LogP contribution in [0.4, 0.5) is 0 Å². The summed E-state index contributed by atoms with van der Waals surface area (Å²) in [7, 11) is 1.71. The Morgan fingerprint density at radius 3 is 2.89 bits per heavy atom. The first kappa shape index (κ1) is 21.4. The largest absolute Gasteiger partial charge is 0.497 e. The number of rotatable bonds is 7. The van der Waals surface area contributed by atoms with Gasteiger partial charge in [-0.3, -0.25) is 4.79 Å². The van der Waals surface area contributed by atoms with Crippen molar-refractivity contribution in [2.75, 3.05) is 26.7 Å². The third kappa shape index (κ3) is 4.49. The maximum absolute atomic E-state index is 13.4. The Kier molecular flexibility index (Phi) is 7.27. The molecule has 2 aliphatic carbocycles. The van der Waals surface area contributed by atoms with Crippen LogP contribution in [0, 0.1) is 23.2 Å². The molecule has 4 rings (SSSR count). The summed E-state index contributed by atoms with van der Waals surface area (Å²) in [6.45, 7) is 3.08. The maximum Gasteiger partial charge on any atom is 0.226 e. The molecule has 2 saturated carbocycles. The molecule has 1 aromatic carbocycles. The van der Waals surface area contributed by atoms with Crippen LogP contribution in [0.15, 0.2) is 24.3 Å². The van der Waals surface area contributed by atoms with E-state index in [0.717, 1.165) is 50.6 Å². The molecule has 28 heavy (non-hydrogen) atoms. The predicted molar refractivity (Wildman–Crippen MR) is 115 cm³/mol. The molecule has 2 bridgehead atoms. The van der Waals surface area contributed by atoms with Crippen molar-refractivity contribution >= 4 is 18.3 Å². The van der Waals surface area contributed by atoms with Gasteiger partial charge in [0.1, 0.15) is 5.75 Å². The van der Waals surface area contributed by atoms with Crippen molar-refractivity contribution in [1.82, 2.24) is 10.6 Å². The molecule has 3 fully saturated rings. The van der Waals surface area contributed by atoms with Crippen LogP contribution in [0.1, 0.15) is 50.5 Å². The second-order valence-electron chi connectivity index (χ2n) is 9.02. The predicted octanol–water partition coefficient (Wildman–Crippen LogP) is 3.97. The Bertz CT molecular complexity index is 662. The van der Waals surface area contributed by atoms with E-state index in [9.17, 15) is 4.79 Å². The summed E-state index contributed by atoms with van der Waals surface area (Å²) in [4.78, 5) is 13.4. The first-order chi connectivity index (χ1) is 13.2. The Morgan fingerprint density at radius 1 is 1.32 bits per heavy atom. The van der Waals surface area contributed by atoms with Crippen molar-refractivity contribution in [3.05, 3.63) is 29.8 Å². The quantitative estimate of drug-likeness (QED) is 0.720. The fraction of sp³-hybridized carbons (Fsp3) is 0.696. The number of benzene rings is 1. The fourth-order valence-electron chi connectivity index (χ4n) is 5.90. The summed E-state index contributed by atoms with van der Waals surface area (Å²) < 4.78 is 5.40. The number of carbonyl (C=O) groups is 1. The van der Waals surface area contributed by atoms with Crippen molar-refractivity contribution in [3.63, 3.8) is 0 Å². The Morgan fingerprint density at radius 2 is 2.21 bits per heavy atom. The smallest absolute Gasteiger partial charge is 0.226 e. The zero-order chi connectivity index (χ0) is 18.7. The Balaban J connectivity index is 0.00000225. The monoisotopic (exact) mass is 406 g/mol. The summed E-state index contributed by atoms with van der Waals surface area (Å²) in [5.41, 5.74) is 1.02. The molecule has 4 atom stereocenters. The van der Waals surface area contributed by atoms with Gasteiger partial charge in [-0.15, -0.1) is 12.4 Å². The van der Waals surface area contributed by atoms with Gasteiger partial charge in [-0.25, -0.2) is 0 Å². The molecular formula is C23H35ClN2O2. The highest BCUT2D eigenvalue weighted by Gasteiger charge is 2.55. The van der Waals surface area contributed by atoms with Crippen LogP contribution >= 0.6 is 12.4 Å². The van der Waals surface area contributed by atoms with E-state index in [2.05, 4.69) is 22.8 Å². The first-order valence-electron chi connectivity index (χ1n) is 10.8. The molecule has 4 nitrogen and oxygen atoms in total. The molecule has 5 heteroatoms. The van der Waals surface area contributed by atoms with E-state index in [0.29, 0.717) is 17.7 Å². The van der Waals surface area contributed by atoms with E-state index in [1.807, 2.05) is 12.1 Å². The molecule has 1 amide bonds. The fourth-order valence-corrected chi connectivity index (χ4v) is 5.90. The summed E-state index contributed by atoms with van der Waals surface area (Å²) in [5, 5.41) is 6.82. The molecule has 2 N–H and O–H groups in total. The van der Waals surface area contributed by atoms with Gasteiger partial charge in [-0.2, -0.15) is 0 Å². The van der Waals surface area contributed by atoms with E-state index < -0.39 is 0 Å². The van der Waals surface area contributed by atoms with Crippen LogP contribution in [0.5, 0.6) is 5.75 Å². The Labute approximate surface area is 175 Å². The molecular weight excluding hydrogens is 372 g/mol. The number of fused-ring (bicyclic) bond motifs is 2. The zero-order valence-electron chi connectivity index (χ0n) is 17.0. The average molecular weight is 407 g/mol. The maximum atomic E-state index is 13.4. The molecule has 1 saturated heterocycles. The first-order valence-corrected chi connectivity index (χ1v) is 10.8. The van der Waals surface area contributed by atoms with E-state index >= 15 is 0 Å². The zero-order valence-corrected chi connectivity index (χ0v) is 17.9. The minimum absolute atomic E-state index is 0. The molecule has 0 spiro atoms. The van der Waals surface area contributed by atoms with Crippen molar-refractivity contribution in [2.24, 2.45) is 23.2 Å². The lowest BCUT2D eigenvalue weighted by molar-refractivity contribution is -0.134. The van der Waals surface area contributed by atoms with Crippen LogP contribution in [0.25, 0.3) is 0 Å². The molecule has 0 aromatic heterocycles. The average Bonchev–Trinajstić information content (AvgIpc) is 3.31. The minimum Gasteiger partial charge on any atom is -0.497 e. The number of piperidine rings is 1. The summed E-state index contributed by atoms with van der Waals surface area (Å²) >= 11 is 0. The molecule has 0 radical (unpaired) electrons. The third-order valence-corrected chi connectivity index (χ3v) is 7.32. The number of nitrogens with one attached hydrogen (secondary N) is 2. The van der Waals surface area contributed by atoms with Gasteiger partial charge in [-0.05, 0) is 93.5 Å². The molecule has 4 unspecified atom stereocenters. The number of hydrogen-bond acceptors (Lipinski definition) is 3. The molecule has 1 aliphatic heterocycles. The molecule has 1 heterocycles. The van der Waals surface area contributed by atoms with Crippen LogP contribution in [-0.4, -0.2) is 32.7 Å². The number of carbonyl (C=O) groups excluding carboxylic acids is 1. The van der Waals surface area contributed by atoms with Crippen LogP contribution < -0.4 is 15.4 Å². The Hall–Kier alpha value is -1.26. The van der Waals surface area contributed by atoms with Crippen molar-refractivity contribution in [1.29, 1.82) is 0 Å². The van der Waals surface area contributed by atoms with Crippen LogP contribution in [0.3, 0.4) is 0 Å². The lowest BCUT2D eigenvalue weighted by Gasteiger charge is -2.37. The van der Waals surface area contributed by atoms with Crippen LogP contribution in [0.2, 0.25) is 0 Å². The molecule has 3 aliphatic rings. The van der Waals surface area contributed by atoms with Crippen molar-refractivity contribution in [3.8, 4) is 5.75 Å². The SMILES string of the molecule is COc1cccc(CC2(C(=O)NCCC3CCCNC3)CC3CCC2C3)c1.Cl. The lowest BCUT2D eigenvalue weighted by atomic mass is 9.68. The van der Waals surface area contributed by atoms with Crippen molar-refractivity contribution in [2.45, 2.75) is 51.4 Å². The summed E-state index contributed by atoms with van der Waals surface area (Å²) in [6, 6.07) is 8.28. The second-order valence-corrected chi connectivity index (χ2v) is 9.02. The lowest BCUT2D eigenvalue weighted by Crippen LogP contribution is -2.46. The van der Waals surface area contributed by atoms with Gasteiger partial charge in [0.15, 0.2) is 0 Å². The van der Waals surface area contributed by atoms with E-state index in [1.54, 1.807) is 7.11 Å². The highest BCUT2D eigenvalue weighted by molar-refractivity contribution is 5.85. The van der Waals surface area contributed by atoms with Gasteiger partial charge in [-0.1, -0.05) is 18.6 Å². The highest BCUT2D eigenvalue weighted by Crippen LogP contribution is 2.57. The third-order valence-electron chi connectivity index (χ3n) is 7.32. The standard InChI is InChI=1S/C23H34N2O2.ClH/c1-27-21-6-2-4-18(13-21)14-23(15-19-7-8-20(23)12-19)22(26)25-11-9-17-5-3-10-24-16-17;/h2,4,6,13,17,19-20,24H,3,5,7-12,14-16H2,1H3,(H,25,26);1H. The van der Waals surface area contributed by atoms with Gasteiger partial charge >= 0.3 is 0 Å². The number of hydrogen-bond donors (Lipinski definition) is 2.